The van der Waals surface area contributed by atoms with Crippen LogP contribution in [0.25, 0.3) is 0 Å². The molecular weight excluding hydrogens is 300 g/mol. The van der Waals surface area contributed by atoms with Crippen molar-refractivity contribution in [3.8, 4) is 5.06 Å². The largest absolute Gasteiger partial charge is 0.477 e. The maximum atomic E-state index is 5.93. The predicted molar refractivity (Wildman–Crippen MR) is 68.5 cm³/mol. The molecule has 0 spiro atoms. The van der Waals surface area contributed by atoms with Gasteiger partial charge in [0.15, 0.2) is 5.06 Å². The molecule has 15 heavy (non-hydrogen) atoms. The lowest BCUT2D eigenvalue weighted by molar-refractivity contribution is 0.0416. The standard InChI is InChI=1S/C8H8Cl3NOS.ClH/c1-12-2-4(3-12)13-8-6(10)5(9)7(11)14-8;/h4H,2-3H2,1H3;1H. The van der Waals surface area contributed by atoms with Crippen molar-refractivity contribution in [3.63, 3.8) is 0 Å². The SMILES string of the molecule is CN1CC(Oc2sc(Cl)c(Cl)c2Cl)C1.Cl. The first-order chi connectivity index (χ1) is 6.58. The molecule has 0 radical (unpaired) electrons. The van der Waals surface area contributed by atoms with E-state index < -0.39 is 0 Å². The summed E-state index contributed by atoms with van der Waals surface area (Å²) in [5.74, 6) is 0. The zero-order chi connectivity index (χ0) is 10.3. The van der Waals surface area contributed by atoms with Crippen LogP contribution >= 0.6 is 58.5 Å². The van der Waals surface area contributed by atoms with E-state index in [2.05, 4.69) is 4.90 Å². The number of nitrogens with zero attached hydrogens (tertiary/aromatic N) is 1. The number of ether oxygens (including phenoxy) is 1. The second-order valence-electron chi connectivity index (χ2n) is 3.25. The fourth-order valence-electron chi connectivity index (χ4n) is 1.29. The van der Waals surface area contributed by atoms with Crippen molar-refractivity contribution in [2.75, 3.05) is 20.1 Å². The molecule has 2 heterocycles. The summed E-state index contributed by atoms with van der Waals surface area (Å²) in [4.78, 5) is 2.16. The molecule has 1 saturated heterocycles. The van der Waals surface area contributed by atoms with E-state index in [4.69, 9.17) is 39.5 Å². The highest BCUT2D eigenvalue weighted by Crippen LogP contribution is 2.46. The van der Waals surface area contributed by atoms with Crippen molar-refractivity contribution in [1.82, 2.24) is 4.90 Å². The molecule has 0 bridgehead atoms. The van der Waals surface area contributed by atoms with Crippen molar-refractivity contribution in [1.29, 1.82) is 0 Å². The normalized spacial score (nSPS) is 17.1. The van der Waals surface area contributed by atoms with Gasteiger partial charge >= 0.3 is 0 Å². The zero-order valence-electron chi connectivity index (χ0n) is 7.80. The van der Waals surface area contributed by atoms with Crippen LogP contribution in [0, 0.1) is 0 Å². The van der Waals surface area contributed by atoms with Gasteiger partial charge in [0.05, 0.1) is 5.02 Å². The quantitative estimate of drug-likeness (QED) is 0.823. The van der Waals surface area contributed by atoms with Crippen molar-refractivity contribution in [2.24, 2.45) is 0 Å². The Morgan fingerprint density at radius 1 is 1.27 bits per heavy atom. The summed E-state index contributed by atoms with van der Waals surface area (Å²) in [6, 6.07) is 0. The number of hydrogen-bond acceptors (Lipinski definition) is 3. The molecule has 0 saturated carbocycles. The van der Waals surface area contributed by atoms with Crippen LogP contribution in [0.2, 0.25) is 14.4 Å². The maximum absolute atomic E-state index is 5.93. The third kappa shape index (κ3) is 2.84. The first-order valence-corrected chi connectivity index (χ1v) is 6.01. The number of likely N-dealkylation sites (tertiary alicyclic amines) is 1. The molecule has 0 aliphatic carbocycles. The highest BCUT2D eigenvalue weighted by atomic mass is 35.5. The first-order valence-electron chi connectivity index (χ1n) is 4.06. The van der Waals surface area contributed by atoms with Crippen molar-refractivity contribution < 1.29 is 4.74 Å². The van der Waals surface area contributed by atoms with Gasteiger partial charge in [0, 0.05) is 13.1 Å². The van der Waals surface area contributed by atoms with Crippen LogP contribution in [0.15, 0.2) is 0 Å². The summed E-state index contributed by atoms with van der Waals surface area (Å²) in [5.41, 5.74) is 0. The molecule has 1 aliphatic rings. The average molecular weight is 309 g/mol. The molecule has 86 valence electrons. The molecule has 0 aromatic carbocycles. The molecule has 7 heteroatoms. The van der Waals surface area contributed by atoms with Crippen LogP contribution in [-0.2, 0) is 0 Å². The van der Waals surface area contributed by atoms with E-state index in [1.165, 1.54) is 11.3 Å². The number of halogens is 4. The van der Waals surface area contributed by atoms with Crippen LogP contribution in [0.3, 0.4) is 0 Å². The number of likely N-dealkylation sites (N-methyl/N-ethyl adjacent to an activating group) is 1. The highest BCUT2D eigenvalue weighted by molar-refractivity contribution is 7.19. The van der Waals surface area contributed by atoms with Gasteiger partial charge in [-0.15, -0.1) is 12.4 Å². The molecule has 1 aliphatic heterocycles. The summed E-state index contributed by atoms with van der Waals surface area (Å²) in [7, 11) is 2.04. The zero-order valence-corrected chi connectivity index (χ0v) is 11.7. The Balaban J connectivity index is 0.00000112. The summed E-state index contributed by atoms with van der Waals surface area (Å²) in [6.45, 7) is 1.84. The van der Waals surface area contributed by atoms with Gasteiger partial charge < -0.3 is 4.74 Å². The second-order valence-corrected chi connectivity index (χ2v) is 5.59. The third-order valence-corrected chi connectivity index (χ3v) is 4.48. The van der Waals surface area contributed by atoms with Crippen molar-refractivity contribution >= 4 is 58.5 Å². The molecule has 0 unspecified atom stereocenters. The summed E-state index contributed by atoms with van der Waals surface area (Å²) in [6.07, 6.45) is 0.211. The molecule has 1 aromatic heterocycles. The van der Waals surface area contributed by atoms with Gasteiger partial charge in [0.25, 0.3) is 0 Å². The Labute approximate surface area is 113 Å². The number of thiophene rings is 1. The van der Waals surface area contributed by atoms with E-state index in [1.807, 2.05) is 7.05 Å². The van der Waals surface area contributed by atoms with Crippen LogP contribution in [0.5, 0.6) is 5.06 Å². The molecule has 2 nitrogen and oxygen atoms in total. The van der Waals surface area contributed by atoms with E-state index in [0.717, 1.165) is 13.1 Å². The minimum atomic E-state index is 0. The lowest BCUT2D eigenvalue weighted by atomic mass is 10.2. The fourth-order valence-corrected chi connectivity index (χ4v) is 2.94. The monoisotopic (exact) mass is 307 g/mol. The van der Waals surface area contributed by atoms with Crippen molar-refractivity contribution in [2.45, 2.75) is 6.10 Å². The van der Waals surface area contributed by atoms with Crippen LogP contribution in [0.1, 0.15) is 0 Å². The van der Waals surface area contributed by atoms with Gasteiger partial charge in [-0.05, 0) is 7.05 Å². The Morgan fingerprint density at radius 2 is 1.87 bits per heavy atom. The smallest absolute Gasteiger partial charge is 0.196 e. The van der Waals surface area contributed by atoms with Crippen LogP contribution < -0.4 is 4.74 Å². The Kier molecular flexibility index (Phi) is 4.84. The molecule has 2 rings (SSSR count). The summed E-state index contributed by atoms with van der Waals surface area (Å²) >= 11 is 18.9. The molecule has 0 atom stereocenters. The molecule has 0 N–H and O–H groups in total. The maximum Gasteiger partial charge on any atom is 0.196 e. The second kappa shape index (κ2) is 5.30. The van der Waals surface area contributed by atoms with Gasteiger partial charge in [-0.2, -0.15) is 0 Å². The topological polar surface area (TPSA) is 12.5 Å². The predicted octanol–water partition coefficient (Wildman–Crippen LogP) is 3.82. The minimum absolute atomic E-state index is 0. The molecule has 1 fully saturated rings. The van der Waals surface area contributed by atoms with Crippen LogP contribution in [-0.4, -0.2) is 31.1 Å². The molecular formula is C8H9Cl4NOS. The fraction of sp³-hybridized carbons (Fsp3) is 0.500. The van der Waals surface area contributed by atoms with Gasteiger partial charge in [-0.3, -0.25) is 4.90 Å². The van der Waals surface area contributed by atoms with E-state index in [9.17, 15) is 0 Å². The van der Waals surface area contributed by atoms with Crippen molar-refractivity contribution in [3.05, 3.63) is 14.4 Å². The van der Waals surface area contributed by atoms with E-state index in [-0.39, 0.29) is 18.5 Å². The first kappa shape index (κ1) is 13.7. The Bertz CT molecular complexity index is 351. The minimum Gasteiger partial charge on any atom is -0.477 e. The molecule has 1 aromatic rings. The number of rotatable bonds is 2. The summed E-state index contributed by atoms with van der Waals surface area (Å²) < 4.78 is 6.11. The molecule has 0 amide bonds. The Hall–Kier alpha value is 0.620. The van der Waals surface area contributed by atoms with E-state index in [0.29, 0.717) is 19.4 Å². The van der Waals surface area contributed by atoms with Crippen LogP contribution in [0.4, 0.5) is 0 Å². The summed E-state index contributed by atoms with van der Waals surface area (Å²) in [5, 5.41) is 1.44. The van der Waals surface area contributed by atoms with E-state index >= 15 is 0 Å². The lowest BCUT2D eigenvalue weighted by Crippen LogP contribution is -2.51. The van der Waals surface area contributed by atoms with Gasteiger partial charge in [0.1, 0.15) is 15.5 Å². The third-order valence-electron chi connectivity index (χ3n) is 2.03. The average Bonchev–Trinajstić information content (AvgIpc) is 2.31. The lowest BCUT2D eigenvalue weighted by Gasteiger charge is -2.35. The van der Waals surface area contributed by atoms with Gasteiger partial charge in [-0.25, -0.2) is 0 Å². The van der Waals surface area contributed by atoms with E-state index in [1.54, 1.807) is 0 Å². The Morgan fingerprint density at radius 3 is 2.27 bits per heavy atom. The van der Waals surface area contributed by atoms with Gasteiger partial charge in [0.2, 0.25) is 0 Å². The van der Waals surface area contributed by atoms with Gasteiger partial charge in [-0.1, -0.05) is 46.1 Å². The number of hydrogen-bond donors (Lipinski definition) is 0. The highest BCUT2D eigenvalue weighted by Gasteiger charge is 2.27.